The summed E-state index contributed by atoms with van der Waals surface area (Å²) in [5.74, 6) is -0.437. The van der Waals surface area contributed by atoms with Crippen LogP contribution in [-0.4, -0.2) is 37.3 Å². The minimum absolute atomic E-state index is 0.0320. The molecule has 2 aliphatic rings. The average molecular weight is 434 g/mol. The molecule has 0 N–H and O–H groups in total. The highest BCUT2D eigenvalue weighted by molar-refractivity contribution is 6.26. The number of alkyl halides is 3. The number of halogens is 3. The van der Waals surface area contributed by atoms with Crippen LogP contribution in [0.5, 0.6) is 11.5 Å². The number of carbonyl (C=O) groups excluding carboxylic acids is 2. The van der Waals surface area contributed by atoms with Crippen LogP contribution in [0, 0.1) is 0 Å². The van der Waals surface area contributed by atoms with Crippen molar-refractivity contribution in [3.8, 4) is 11.5 Å². The van der Waals surface area contributed by atoms with Gasteiger partial charge in [0, 0.05) is 18.1 Å². The molecular weight excluding hydrogens is 417 g/mol. The molecule has 1 fully saturated rings. The minimum atomic E-state index is -4.61. The van der Waals surface area contributed by atoms with Crippen molar-refractivity contribution >= 4 is 23.2 Å². The van der Waals surface area contributed by atoms with Crippen LogP contribution in [0.15, 0.2) is 47.6 Å². The van der Waals surface area contributed by atoms with E-state index in [1.165, 1.54) is 20.3 Å². The van der Waals surface area contributed by atoms with E-state index < -0.39 is 29.2 Å². The number of anilines is 1. The van der Waals surface area contributed by atoms with E-state index in [1.807, 2.05) is 0 Å². The smallest absolute Gasteiger partial charge is 0.416 e. The maximum Gasteiger partial charge on any atom is 0.416 e. The Morgan fingerprint density at radius 3 is 2.52 bits per heavy atom. The molecule has 162 valence electrons. The lowest BCUT2D eigenvalue weighted by molar-refractivity contribution is -0.138. The van der Waals surface area contributed by atoms with Crippen molar-refractivity contribution < 1.29 is 37.1 Å². The first-order valence-electron chi connectivity index (χ1n) is 9.20. The summed E-state index contributed by atoms with van der Waals surface area (Å²) in [6.07, 6.45) is -4.98. The zero-order chi connectivity index (χ0) is 22.4. The van der Waals surface area contributed by atoms with Crippen molar-refractivity contribution in [2.45, 2.75) is 24.6 Å². The molecule has 31 heavy (non-hydrogen) atoms. The highest BCUT2D eigenvalue weighted by Gasteiger charge is 2.58. The quantitative estimate of drug-likeness (QED) is 0.688. The molecule has 0 radical (unpaired) electrons. The molecule has 0 saturated carbocycles. The number of amides is 2. The average Bonchev–Trinajstić information content (AvgIpc) is 3.27. The van der Waals surface area contributed by atoms with Gasteiger partial charge in [-0.1, -0.05) is 11.2 Å². The third-order valence-corrected chi connectivity index (χ3v) is 5.21. The van der Waals surface area contributed by atoms with Gasteiger partial charge in [-0.3, -0.25) is 9.59 Å². The summed E-state index contributed by atoms with van der Waals surface area (Å²) in [4.78, 5) is 31.9. The number of ether oxygens (including phenoxy) is 2. The lowest BCUT2D eigenvalue weighted by Crippen LogP contribution is -2.41. The SMILES string of the molecule is COc1ccc(C2=NOC3(CC(=O)N(c4cccc(C(F)(F)F)c4)C3=O)C2)c(OC)c1. The Kier molecular flexibility index (Phi) is 4.87. The van der Waals surface area contributed by atoms with Gasteiger partial charge in [0.05, 0.1) is 37.6 Å². The first-order chi connectivity index (χ1) is 14.7. The van der Waals surface area contributed by atoms with Crippen molar-refractivity contribution in [1.82, 2.24) is 0 Å². The lowest BCUT2D eigenvalue weighted by atomic mass is 9.92. The van der Waals surface area contributed by atoms with Crippen LogP contribution in [0.3, 0.4) is 0 Å². The van der Waals surface area contributed by atoms with E-state index in [4.69, 9.17) is 14.3 Å². The zero-order valence-electron chi connectivity index (χ0n) is 16.5. The molecule has 2 aromatic carbocycles. The molecule has 2 aliphatic heterocycles. The van der Waals surface area contributed by atoms with Crippen LogP contribution < -0.4 is 14.4 Å². The molecule has 1 atom stereocenters. The maximum absolute atomic E-state index is 13.1. The Morgan fingerprint density at radius 2 is 1.84 bits per heavy atom. The van der Waals surface area contributed by atoms with Gasteiger partial charge in [-0.05, 0) is 30.3 Å². The van der Waals surface area contributed by atoms with Crippen molar-refractivity contribution in [2.24, 2.45) is 5.16 Å². The van der Waals surface area contributed by atoms with Gasteiger partial charge in [-0.25, -0.2) is 4.90 Å². The van der Waals surface area contributed by atoms with Crippen LogP contribution >= 0.6 is 0 Å². The van der Waals surface area contributed by atoms with E-state index in [1.54, 1.807) is 18.2 Å². The highest BCUT2D eigenvalue weighted by atomic mass is 19.4. The molecule has 0 aliphatic carbocycles. The van der Waals surface area contributed by atoms with E-state index in [0.29, 0.717) is 22.8 Å². The Morgan fingerprint density at radius 1 is 1.06 bits per heavy atom. The van der Waals surface area contributed by atoms with Crippen molar-refractivity contribution in [3.63, 3.8) is 0 Å². The molecule has 2 heterocycles. The third-order valence-electron chi connectivity index (χ3n) is 5.21. The number of hydrogen-bond acceptors (Lipinski definition) is 6. The second-order valence-corrected chi connectivity index (χ2v) is 7.13. The molecule has 1 spiro atoms. The number of hydrogen-bond donors (Lipinski definition) is 0. The highest BCUT2D eigenvalue weighted by Crippen LogP contribution is 2.41. The van der Waals surface area contributed by atoms with Crippen LogP contribution in [0.1, 0.15) is 24.0 Å². The number of imide groups is 1. The summed E-state index contributed by atoms with van der Waals surface area (Å²) in [6.45, 7) is 0. The molecule has 1 saturated heterocycles. The number of carbonyl (C=O) groups is 2. The largest absolute Gasteiger partial charge is 0.497 e. The van der Waals surface area contributed by atoms with Gasteiger partial charge >= 0.3 is 6.18 Å². The van der Waals surface area contributed by atoms with Gasteiger partial charge in [0.2, 0.25) is 11.5 Å². The Balaban J connectivity index is 1.62. The first kappa shape index (κ1) is 20.7. The van der Waals surface area contributed by atoms with Gasteiger partial charge in [-0.2, -0.15) is 13.2 Å². The van der Waals surface area contributed by atoms with Crippen LogP contribution in [0.2, 0.25) is 0 Å². The predicted molar refractivity (Wildman–Crippen MR) is 103 cm³/mol. The van der Waals surface area contributed by atoms with Gasteiger partial charge in [0.25, 0.3) is 5.91 Å². The van der Waals surface area contributed by atoms with Gasteiger partial charge in [0.1, 0.15) is 11.5 Å². The van der Waals surface area contributed by atoms with Gasteiger partial charge < -0.3 is 14.3 Å². The van der Waals surface area contributed by atoms with Crippen LogP contribution in [0.4, 0.5) is 18.9 Å². The summed E-state index contributed by atoms with van der Waals surface area (Å²) in [5, 5.41) is 3.99. The molecule has 7 nitrogen and oxygen atoms in total. The Hall–Kier alpha value is -3.56. The van der Waals surface area contributed by atoms with Crippen molar-refractivity contribution in [2.75, 3.05) is 19.1 Å². The van der Waals surface area contributed by atoms with E-state index in [0.717, 1.165) is 23.1 Å². The van der Waals surface area contributed by atoms with E-state index in [9.17, 15) is 22.8 Å². The second kappa shape index (κ2) is 7.29. The summed E-state index contributed by atoms with van der Waals surface area (Å²) in [7, 11) is 2.97. The molecular formula is C21H17F3N2O5. The minimum Gasteiger partial charge on any atom is -0.497 e. The van der Waals surface area contributed by atoms with Gasteiger partial charge in [-0.15, -0.1) is 0 Å². The molecule has 2 aromatic rings. The predicted octanol–water partition coefficient (Wildman–Crippen LogP) is 3.55. The first-order valence-corrected chi connectivity index (χ1v) is 9.20. The number of benzene rings is 2. The molecule has 0 bridgehead atoms. The maximum atomic E-state index is 13.1. The van der Waals surface area contributed by atoms with E-state index >= 15 is 0 Å². The zero-order valence-corrected chi connectivity index (χ0v) is 16.5. The van der Waals surface area contributed by atoms with Crippen molar-refractivity contribution in [1.29, 1.82) is 0 Å². The summed E-state index contributed by atoms with van der Waals surface area (Å²) >= 11 is 0. The lowest BCUT2D eigenvalue weighted by Gasteiger charge is -2.20. The van der Waals surface area contributed by atoms with Gasteiger partial charge in [0.15, 0.2) is 0 Å². The summed E-state index contributed by atoms with van der Waals surface area (Å²) in [5.41, 5.74) is -1.80. The standard InChI is InChI=1S/C21H17F3N2O5/c1-29-14-6-7-15(17(9-14)30-2)16-10-20(31-25-16)11-18(27)26(19(20)28)13-5-3-4-12(8-13)21(22,23)24/h3-9H,10-11H2,1-2H3. The third kappa shape index (κ3) is 3.47. The Bertz CT molecular complexity index is 1100. The number of rotatable bonds is 4. The number of methoxy groups -OCH3 is 2. The molecule has 10 heteroatoms. The van der Waals surface area contributed by atoms with Crippen LogP contribution in [0.25, 0.3) is 0 Å². The normalized spacial score (nSPS) is 20.8. The molecule has 4 rings (SSSR count). The van der Waals surface area contributed by atoms with Crippen molar-refractivity contribution in [3.05, 3.63) is 53.6 Å². The molecule has 1 unspecified atom stereocenters. The Labute approximate surface area is 175 Å². The van der Waals surface area contributed by atoms with E-state index in [2.05, 4.69) is 5.16 Å². The summed E-state index contributed by atoms with van der Waals surface area (Å²) in [6, 6.07) is 9.05. The fraction of sp³-hybridized carbons (Fsp3) is 0.286. The number of oxime groups is 1. The molecule has 0 aromatic heterocycles. The second-order valence-electron chi connectivity index (χ2n) is 7.13. The topological polar surface area (TPSA) is 77.4 Å². The monoisotopic (exact) mass is 434 g/mol. The summed E-state index contributed by atoms with van der Waals surface area (Å²) < 4.78 is 49.7. The fourth-order valence-electron chi connectivity index (χ4n) is 3.67. The molecule has 2 amide bonds. The van der Waals surface area contributed by atoms with E-state index in [-0.39, 0.29) is 18.5 Å². The van der Waals surface area contributed by atoms with Crippen LogP contribution in [-0.2, 0) is 20.6 Å². The fourth-order valence-corrected chi connectivity index (χ4v) is 3.67. The number of nitrogens with zero attached hydrogens (tertiary/aromatic N) is 2.